The van der Waals surface area contributed by atoms with Gasteiger partial charge in [-0.25, -0.2) is 9.97 Å². The largest absolute Gasteiger partial charge is 0.487 e. The molecule has 0 radical (unpaired) electrons. The molecular weight excluding hydrogens is 390 g/mol. The number of carboxylic acid groups (broad SMARTS) is 1. The zero-order valence-corrected chi connectivity index (χ0v) is 18.4. The number of fused-ring (bicyclic) bond motifs is 1. The number of hydrogen-bond acceptors (Lipinski definition) is 5. The van der Waals surface area contributed by atoms with Gasteiger partial charge in [-0.15, -0.1) is 0 Å². The number of aromatic nitrogens is 2. The van der Waals surface area contributed by atoms with Crippen LogP contribution in [0.5, 0.6) is 5.75 Å². The molecule has 1 saturated carbocycles. The van der Waals surface area contributed by atoms with Gasteiger partial charge in [-0.05, 0) is 67.7 Å². The van der Waals surface area contributed by atoms with Crippen LogP contribution in [0.15, 0.2) is 30.5 Å². The molecule has 5 rings (SSSR count). The van der Waals surface area contributed by atoms with E-state index in [1.54, 1.807) is 0 Å². The van der Waals surface area contributed by atoms with E-state index in [0.29, 0.717) is 5.92 Å². The molecule has 2 aliphatic heterocycles. The number of piperidine rings is 1. The summed E-state index contributed by atoms with van der Waals surface area (Å²) in [5, 5.41) is 9.62. The molecule has 2 atom stereocenters. The first-order valence-corrected chi connectivity index (χ1v) is 11.5. The highest BCUT2D eigenvalue weighted by Crippen LogP contribution is 2.48. The molecule has 1 N–H and O–H groups in total. The Kier molecular flexibility index (Phi) is 5.11. The molecule has 6 nitrogen and oxygen atoms in total. The van der Waals surface area contributed by atoms with Crippen LogP contribution in [0.1, 0.15) is 61.9 Å². The second kappa shape index (κ2) is 7.81. The zero-order chi connectivity index (χ0) is 21.6. The Morgan fingerprint density at radius 2 is 2.00 bits per heavy atom. The summed E-state index contributed by atoms with van der Waals surface area (Å²) in [5.74, 6) is 2.25. The van der Waals surface area contributed by atoms with Crippen molar-refractivity contribution in [3.63, 3.8) is 0 Å². The lowest BCUT2D eigenvalue weighted by atomic mass is 9.80. The molecule has 0 bridgehead atoms. The van der Waals surface area contributed by atoms with Crippen LogP contribution < -0.4 is 9.64 Å². The van der Waals surface area contributed by atoms with Gasteiger partial charge in [0.05, 0.1) is 5.92 Å². The highest BCUT2D eigenvalue weighted by molar-refractivity contribution is 5.71. The average molecular weight is 422 g/mol. The minimum Gasteiger partial charge on any atom is -0.487 e. The summed E-state index contributed by atoms with van der Waals surface area (Å²) in [4.78, 5) is 22.8. The Bertz CT molecular complexity index is 980. The fourth-order valence-corrected chi connectivity index (χ4v) is 5.42. The number of carboxylic acids is 1. The van der Waals surface area contributed by atoms with Crippen molar-refractivity contribution in [2.75, 3.05) is 18.0 Å². The van der Waals surface area contributed by atoms with Gasteiger partial charge >= 0.3 is 5.97 Å². The number of anilines is 1. The van der Waals surface area contributed by atoms with Crippen molar-refractivity contribution in [1.82, 2.24) is 9.97 Å². The topological polar surface area (TPSA) is 75.6 Å². The molecular formula is C25H31N3O3. The van der Waals surface area contributed by atoms with Gasteiger partial charge in [0.2, 0.25) is 0 Å². The number of ether oxygens (including phenoxy) is 1. The molecule has 3 heterocycles. The first-order valence-electron chi connectivity index (χ1n) is 11.5. The molecule has 2 aromatic rings. The van der Waals surface area contributed by atoms with Gasteiger partial charge in [0.25, 0.3) is 0 Å². The zero-order valence-electron chi connectivity index (χ0n) is 18.4. The van der Waals surface area contributed by atoms with Crippen molar-refractivity contribution < 1.29 is 14.6 Å². The average Bonchev–Trinajstić information content (AvgIpc) is 3.59. The van der Waals surface area contributed by atoms with Crippen molar-refractivity contribution in [3.05, 3.63) is 47.4 Å². The number of benzene rings is 1. The highest BCUT2D eigenvalue weighted by atomic mass is 16.5. The number of aryl methyl sites for hydroxylation is 2. The van der Waals surface area contributed by atoms with E-state index in [-0.39, 0.29) is 17.4 Å². The Labute approximate surface area is 183 Å². The summed E-state index contributed by atoms with van der Waals surface area (Å²) in [7, 11) is 0. The molecule has 164 valence electrons. The first kappa shape index (κ1) is 20.3. The lowest BCUT2D eigenvalue weighted by molar-refractivity contribution is -0.142. The number of hydrogen-bond donors (Lipinski definition) is 1. The number of nitrogens with zero attached hydrogens (tertiary/aromatic N) is 3. The molecule has 3 aliphatic rings. The summed E-state index contributed by atoms with van der Waals surface area (Å²) < 4.78 is 6.69. The van der Waals surface area contributed by atoms with Crippen LogP contribution >= 0.6 is 0 Å². The van der Waals surface area contributed by atoms with Crippen LogP contribution in [0, 0.1) is 18.8 Å². The SMILES string of the molecule is Cc1nccc(N2CCC3(CCc4ccc([C@H](C5CC5)[C@H](C)C(=O)O)cc4O3)CC2)n1. The molecule has 1 aliphatic carbocycles. The summed E-state index contributed by atoms with van der Waals surface area (Å²) in [6.45, 7) is 5.62. The Balaban J connectivity index is 1.33. The Morgan fingerprint density at radius 3 is 2.68 bits per heavy atom. The van der Waals surface area contributed by atoms with Gasteiger partial charge in [-0.3, -0.25) is 4.79 Å². The van der Waals surface area contributed by atoms with Gasteiger partial charge in [0.1, 0.15) is 23.0 Å². The van der Waals surface area contributed by atoms with E-state index in [1.165, 1.54) is 5.56 Å². The van der Waals surface area contributed by atoms with Gasteiger partial charge < -0.3 is 14.7 Å². The van der Waals surface area contributed by atoms with Crippen LogP contribution in [0.4, 0.5) is 5.82 Å². The van der Waals surface area contributed by atoms with E-state index in [9.17, 15) is 9.90 Å². The number of carbonyl (C=O) groups is 1. The van der Waals surface area contributed by atoms with Gasteiger partial charge in [-0.1, -0.05) is 19.1 Å². The van der Waals surface area contributed by atoms with Gasteiger partial charge in [0.15, 0.2) is 0 Å². The molecule has 1 saturated heterocycles. The van der Waals surface area contributed by atoms with Crippen molar-refractivity contribution in [3.8, 4) is 5.75 Å². The minimum absolute atomic E-state index is 0.0760. The highest BCUT2D eigenvalue weighted by Gasteiger charge is 2.42. The van der Waals surface area contributed by atoms with E-state index in [2.05, 4.69) is 33.1 Å². The van der Waals surface area contributed by atoms with E-state index < -0.39 is 5.97 Å². The van der Waals surface area contributed by atoms with E-state index >= 15 is 0 Å². The van der Waals surface area contributed by atoms with Crippen molar-refractivity contribution in [2.24, 2.45) is 11.8 Å². The fraction of sp³-hybridized carbons (Fsp3) is 0.560. The summed E-state index contributed by atoms with van der Waals surface area (Å²) in [6, 6.07) is 8.44. The smallest absolute Gasteiger partial charge is 0.306 e. The van der Waals surface area contributed by atoms with Crippen molar-refractivity contribution >= 4 is 11.8 Å². The third-order valence-electron chi connectivity index (χ3n) is 7.47. The van der Waals surface area contributed by atoms with Gasteiger partial charge in [-0.2, -0.15) is 0 Å². The van der Waals surface area contributed by atoms with Crippen LogP contribution in [-0.4, -0.2) is 39.7 Å². The summed E-state index contributed by atoms with van der Waals surface area (Å²) in [6.07, 6.45) is 8.07. The predicted molar refractivity (Wildman–Crippen MR) is 119 cm³/mol. The first-order chi connectivity index (χ1) is 14.9. The van der Waals surface area contributed by atoms with E-state index in [0.717, 1.165) is 74.6 Å². The molecule has 0 unspecified atom stereocenters. The molecule has 1 aromatic carbocycles. The fourth-order valence-electron chi connectivity index (χ4n) is 5.42. The number of rotatable bonds is 5. The Morgan fingerprint density at radius 1 is 1.23 bits per heavy atom. The lowest BCUT2D eigenvalue weighted by Gasteiger charge is -2.45. The second-order valence-electron chi connectivity index (χ2n) is 9.59. The molecule has 31 heavy (non-hydrogen) atoms. The third kappa shape index (κ3) is 4.00. The maximum Gasteiger partial charge on any atom is 0.306 e. The van der Waals surface area contributed by atoms with E-state index in [1.807, 2.05) is 26.1 Å². The maximum atomic E-state index is 11.7. The summed E-state index contributed by atoms with van der Waals surface area (Å²) in [5.41, 5.74) is 2.25. The third-order valence-corrected chi connectivity index (χ3v) is 7.47. The van der Waals surface area contributed by atoms with E-state index in [4.69, 9.17) is 4.74 Å². The molecule has 2 fully saturated rings. The van der Waals surface area contributed by atoms with Crippen LogP contribution in [0.25, 0.3) is 0 Å². The maximum absolute atomic E-state index is 11.7. The Hall–Kier alpha value is -2.63. The predicted octanol–water partition coefficient (Wildman–Crippen LogP) is 4.36. The van der Waals surface area contributed by atoms with Crippen LogP contribution in [0.2, 0.25) is 0 Å². The van der Waals surface area contributed by atoms with Crippen molar-refractivity contribution in [1.29, 1.82) is 0 Å². The molecule has 1 spiro atoms. The molecule has 1 aromatic heterocycles. The quantitative estimate of drug-likeness (QED) is 0.773. The van der Waals surface area contributed by atoms with Crippen molar-refractivity contribution in [2.45, 2.75) is 63.9 Å². The second-order valence-corrected chi connectivity index (χ2v) is 9.59. The number of aliphatic carboxylic acids is 1. The van der Waals surface area contributed by atoms with Gasteiger partial charge in [0, 0.05) is 32.1 Å². The lowest BCUT2D eigenvalue weighted by Crippen LogP contribution is -2.50. The van der Waals surface area contributed by atoms with Crippen LogP contribution in [-0.2, 0) is 11.2 Å². The normalized spacial score (nSPS) is 21.8. The molecule has 0 amide bonds. The standard InChI is InChI=1S/C25H31N3O3/c1-16(24(29)30)23(19-4-5-19)20-6-3-18-7-9-25(31-21(18)15-20)10-13-28(14-11-25)22-8-12-26-17(2)27-22/h3,6,8,12,15-16,19,23H,4-5,7,9-11,13-14H2,1-2H3,(H,29,30)/t16-,23-/m0/s1. The van der Waals surface area contributed by atoms with Crippen LogP contribution in [0.3, 0.4) is 0 Å². The monoisotopic (exact) mass is 421 g/mol. The minimum atomic E-state index is -0.709. The molecule has 6 heteroatoms. The summed E-state index contributed by atoms with van der Waals surface area (Å²) >= 11 is 0.